The molecule has 4 rings (SSSR count). The van der Waals surface area contributed by atoms with E-state index in [1.807, 2.05) is 6.07 Å². The highest BCUT2D eigenvalue weighted by molar-refractivity contribution is 5.80. The molecule has 6 nitrogen and oxygen atoms in total. The highest BCUT2D eigenvalue weighted by Crippen LogP contribution is 2.40. The molecule has 1 saturated heterocycles. The fraction of sp³-hybridized carbons (Fsp3) is 0.611. The molecule has 0 saturated carbocycles. The zero-order chi connectivity index (χ0) is 16.2. The van der Waals surface area contributed by atoms with Crippen LogP contribution in [0.15, 0.2) is 23.2 Å². The number of benzene rings is 1. The minimum atomic E-state index is 0.0374. The molecule has 24 heavy (non-hydrogen) atoms. The number of hydrogen-bond acceptors (Lipinski definition) is 6. The molecule has 1 aromatic rings. The Morgan fingerprint density at radius 2 is 2.00 bits per heavy atom. The number of nitrogens with one attached hydrogen (secondary N) is 2. The monoisotopic (exact) mass is 331 g/mol. The summed E-state index contributed by atoms with van der Waals surface area (Å²) in [5, 5.41) is 6.94. The molecule has 0 radical (unpaired) electrons. The van der Waals surface area contributed by atoms with Crippen molar-refractivity contribution in [1.29, 1.82) is 0 Å². The summed E-state index contributed by atoms with van der Waals surface area (Å²) in [6.45, 7) is 4.63. The molecule has 3 aliphatic rings. The van der Waals surface area contributed by atoms with Crippen LogP contribution in [0.1, 0.15) is 31.2 Å². The highest BCUT2D eigenvalue weighted by atomic mass is 16.7. The lowest BCUT2D eigenvalue weighted by Crippen LogP contribution is -2.48. The molecule has 2 N–H and O–H groups in total. The molecule has 0 bridgehead atoms. The fourth-order valence-electron chi connectivity index (χ4n) is 3.62. The summed E-state index contributed by atoms with van der Waals surface area (Å²) < 4.78 is 16.6. The number of aliphatic imine (C=N–C) groups is 1. The van der Waals surface area contributed by atoms with Crippen molar-refractivity contribution in [3.05, 3.63) is 23.8 Å². The number of ether oxygens (including phenoxy) is 3. The SMILES string of the molecule is c1cc2c(cc1C1(CNC3=NCCCCN3)CCOCC1)OCO2. The van der Waals surface area contributed by atoms with Crippen molar-refractivity contribution in [3.8, 4) is 11.5 Å². The third-order valence-electron chi connectivity index (χ3n) is 5.18. The van der Waals surface area contributed by atoms with Gasteiger partial charge in [0.1, 0.15) is 0 Å². The van der Waals surface area contributed by atoms with Gasteiger partial charge in [0.05, 0.1) is 0 Å². The van der Waals surface area contributed by atoms with E-state index in [0.717, 1.165) is 69.6 Å². The second-order valence-electron chi connectivity index (χ2n) is 6.68. The molecule has 130 valence electrons. The Kier molecular flexibility index (Phi) is 4.47. The zero-order valence-electron chi connectivity index (χ0n) is 14.0. The van der Waals surface area contributed by atoms with E-state index in [4.69, 9.17) is 14.2 Å². The van der Waals surface area contributed by atoms with Gasteiger partial charge in [-0.05, 0) is 43.4 Å². The van der Waals surface area contributed by atoms with Crippen LogP contribution in [0.3, 0.4) is 0 Å². The maximum atomic E-state index is 5.62. The summed E-state index contributed by atoms with van der Waals surface area (Å²) in [4.78, 5) is 4.61. The van der Waals surface area contributed by atoms with Crippen LogP contribution < -0.4 is 20.1 Å². The lowest BCUT2D eigenvalue weighted by Gasteiger charge is -2.38. The second kappa shape index (κ2) is 6.89. The van der Waals surface area contributed by atoms with Crippen molar-refractivity contribution in [2.24, 2.45) is 4.99 Å². The molecule has 0 aliphatic carbocycles. The second-order valence-corrected chi connectivity index (χ2v) is 6.68. The average molecular weight is 331 g/mol. The maximum absolute atomic E-state index is 5.62. The van der Waals surface area contributed by atoms with Crippen LogP contribution in [0.25, 0.3) is 0 Å². The first-order chi connectivity index (χ1) is 11.9. The van der Waals surface area contributed by atoms with Crippen molar-refractivity contribution >= 4 is 5.96 Å². The molecule has 0 unspecified atom stereocenters. The lowest BCUT2D eigenvalue weighted by atomic mass is 9.74. The largest absolute Gasteiger partial charge is 0.454 e. The van der Waals surface area contributed by atoms with Crippen LogP contribution in [0.5, 0.6) is 11.5 Å². The minimum absolute atomic E-state index is 0.0374. The Labute approximate surface area is 142 Å². The molecule has 1 aromatic carbocycles. The van der Waals surface area contributed by atoms with E-state index >= 15 is 0 Å². The molecule has 0 aromatic heterocycles. The van der Waals surface area contributed by atoms with Crippen molar-refractivity contribution in [2.45, 2.75) is 31.1 Å². The van der Waals surface area contributed by atoms with Gasteiger partial charge in [0.2, 0.25) is 6.79 Å². The summed E-state index contributed by atoms with van der Waals surface area (Å²) in [5.74, 6) is 2.62. The van der Waals surface area contributed by atoms with Crippen molar-refractivity contribution < 1.29 is 14.2 Å². The summed E-state index contributed by atoms with van der Waals surface area (Å²) in [6.07, 6.45) is 4.31. The molecule has 1 fully saturated rings. The van der Waals surface area contributed by atoms with Gasteiger partial charge in [0, 0.05) is 38.3 Å². The number of nitrogens with zero attached hydrogens (tertiary/aromatic N) is 1. The van der Waals surface area contributed by atoms with Gasteiger partial charge >= 0.3 is 0 Å². The summed E-state index contributed by atoms with van der Waals surface area (Å²) >= 11 is 0. The quantitative estimate of drug-likeness (QED) is 0.884. The van der Waals surface area contributed by atoms with Gasteiger partial charge in [0.15, 0.2) is 17.5 Å². The number of fused-ring (bicyclic) bond motifs is 1. The standard InChI is InChI=1S/C18H25N3O3/c1-2-8-20-17(19-7-1)21-12-18(5-9-22-10-6-18)14-3-4-15-16(11-14)24-13-23-15/h3-4,11H,1-2,5-10,12-13H2,(H2,19,20,21). The summed E-state index contributed by atoms with van der Waals surface area (Å²) in [6, 6.07) is 6.33. The first-order valence-electron chi connectivity index (χ1n) is 8.86. The van der Waals surface area contributed by atoms with Gasteiger partial charge in [-0.2, -0.15) is 0 Å². The van der Waals surface area contributed by atoms with E-state index in [1.54, 1.807) is 0 Å². The number of hydrogen-bond donors (Lipinski definition) is 2. The molecule has 0 spiro atoms. The molecule has 3 aliphatic heterocycles. The molecule has 3 heterocycles. The van der Waals surface area contributed by atoms with Gasteiger partial charge in [-0.3, -0.25) is 4.99 Å². The van der Waals surface area contributed by atoms with Crippen LogP contribution in [0.2, 0.25) is 0 Å². The Morgan fingerprint density at radius 3 is 2.92 bits per heavy atom. The van der Waals surface area contributed by atoms with Crippen LogP contribution in [0.4, 0.5) is 0 Å². The fourth-order valence-corrected chi connectivity index (χ4v) is 3.62. The Bertz CT molecular complexity index is 612. The number of rotatable bonds is 3. The molecular weight excluding hydrogens is 306 g/mol. The first-order valence-corrected chi connectivity index (χ1v) is 8.86. The minimum Gasteiger partial charge on any atom is -0.454 e. The zero-order valence-corrected chi connectivity index (χ0v) is 14.0. The van der Waals surface area contributed by atoms with Gasteiger partial charge in [-0.25, -0.2) is 0 Å². The van der Waals surface area contributed by atoms with Crippen LogP contribution in [-0.4, -0.2) is 45.6 Å². The van der Waals surface area contributed by atoms with Crippen LogP contribution >= 0.6 is 0 Å². The van der Waals surface area contributed by atoms with Gasteiger partial charge < -0.3 is 24.8 Å². The predicted molar refractivity (Wildman–Crippen MR) is 91.8 cm³/mol. The molecule has 0 amide bonds. The molecular formula is C18H25N3O3. The van der Waals surface area contributed by atoms with E-state index in [-0.39, 0.29) is 5.41 Å². The first kappa shape index (κ1) is 15.6. The predicted octanol–water partition coefficient (Wildman–Crippen LogP) is 1.79. The average Bonchev–Trinajstić information content (AvgIpc) is 2.95. The van der Waals surface area contributed by atoms with Crippen LogP contribution in [0, 0.1) is 0 Å². The van der Waals surface area contributed by atoms with Gasteiger partial charge in [-0.1, -0.05) is 6.07 Å². The molecule has 6 heteroatoms. The summed E-state index contributed by atoms with van der Waals surface area (Å²) in [7, 11) is 0. The van der Waals surface area contributed by atoms with Gasteiger partial charge in [-0.15, -0.1) is 0 Å². The van der Waals surface area contributed by atoms with E-state index in [9.17, 15) is 0 Å². The third kappa shape index (κ3) is 3.15. The van der Waals surface area contributed by atoms with E-state index < -0.39 is 0 Å². The van der Waals surface area contributed by atoms with Gasteiger partial charge in [0.25, 0.3) is 0 Å². The van der Waals surface area contributed by atoms with E-state index in [2.05, 4.69) is 27.8 Å². The lowest BCUT2D eigenvalue weighted by molar-refractivity contribution is 0.0513. The molecule has 0 atom stereocenters. The Morgan fingerprint density at radius 1 is 1.12 bits per heavy atom. The Hall–Kier alpha value is -1.95. The highest BCUT2D eigenvalue weighted by Gasteiger charge is 2.35. The van der Waals surface area contributed by atoms with E-state index in [0.29, 0.717) is 6.79 Å². The maximum Gasteiger partial charge on any atom is 0.231 e. The third-order valence-corrected chi connectivity index (χ3v) is 5.18. The topological polar surface area (TPSA) is 64.1 Å². The Balaban J connectivity index is 1.54. The summed E-state index contributed by atoms with van der Waals surface area (Å²) in [5.41, 5.74) is 1.33. The van der Waals surface area contributed by atoms with Crippen molar-refractivity contribution in [1.82, 2.24) is 10.6 Å². The van der Waals surface area contributed by atoms with E-state index in [1.165, 1.54) is 12.0 Å². The van der Waals surface area contributed by atoms with Crippen molar-refractivity contribution in [3.63, 3.8) is 0 Å². The number of guanidine groups is 1. The normalized spacial score (nSPS) is 22.2. The van der Waals surface area contributed by atoms with Crippen LogP contribution in [-0.2, 0) is 10.2 Å². The smallest absolute Gasteiger partial charge is 0.231 e. The van der Waals surface area contributed by atoms with Crippen molar-refractivity contribution in [2.75, 3.05) is 39.6 Å².